The van der Waals surface area contributed by atoms with Crippen molar-refractivity contribution in [2.24, 2.45) is 5.41 Å². The van der Waals surface area contributed by atoms with Gasteiger partial charge in [-0.2, -0.15) is 0 Å². The lowest BCUT2D eigenvalue weighted by molar-refractivity contribution is 0.378. The Labute approximate surface area is 95.2 Å². The van der Waals surface area contributed by atoms with Gasteiger partial charge in [0.1, 0.15) is 0 Å². The van der Waals surface area contributed by atoms with Crippen molar-refractivity contribution < 1.29 is 0 Å². The van der Waals surface area contributed by atoms with Gasteiger partial charge in [0.15, 0.2) is 0 Å². The summed E-state index contributed by atoms with van der Waals surface area (Å²) in [5.41, 5.74) is 1.55. The zero-order valence-corrected chi connectivity index (χ0v) is 10.4. The third-order valence-electron chi connectivity index (χ3n) is 2.43. The summed E-state index contributed by atoms with van der Waals surface area (Å²) in [5.74, 6) is 0. The van der Waals surface area contributed by atoms with Crippen molar-refractivity contribution in [3.05, 3.63) is 29.3 Å². The smallest absolute Gasteiger partial charge is 0.0938 e. The summed E-state index contributed by atoms with van der Waals surface area (Å²) in [4.78, 5) is 4.63. The maximum atomic E-state index is 4.63. The van der Waals surface area contributed by atoms with Gasteiger partial charge in [0.25, 0.3) is 0 Å². The van der Waals surface area contributed by atoms with Gasteiger partial charge < -0.3 is 0 Å². The lowest BCUT2D eigenvalue weighted by Gasteiger charge is -2.16. The topological polar surface area (TPSA) is 12.9 Å². The average molecular weight is 219 g/mol. The highest BCUT2D eigenvalue weighted by molar-refractivity contribution is 7.18. The van der Waals surface area contributed by atoms with Gasteiger partial charge in [-0.1, -0.05) is 32.9 Å². The summed E-state index contributed by atoms with van der Waals surface area (Å²) in [6, 6.07) is 8.36. The monoisotopic (exact) mass is 219 g/mol. The first kappa shape index (κ1) is 10.6. The van der Waals surface area contributed by atoms with Crippen LogP contribution in [-0.2, 0) is 6.42 Å². The van der Waals surface area contributed by atoms with Crippen molar-refractivity contribution in [2.45, 2.75) is 33.6 Å². The minimum absolute atomic E-state index is 0.401. The van der Waals surface area contributed by atoms with E-state index in [2.05, 4.69) is 50.0 Å². The van der Waals surface area contributed by atoms with Crippen molar-refractivity contribution in [2.75, 3.05) is 0 Å². The molecule has 0 aliphatic rings. The minimum atomic E-state index is 0.401. The second-order valence-corrected chi connectivity index (χ2v) is 6.25. The van der Waals surface area contributed by atoms with Gasteiger partial charge in [-0.15, -0.1) is 11.3 Å². The summed E-state index contributed by atoms with van der Waals surface area (Å²) >= 11 is 1.83. The molecule has 0 saturated carbocycles. The first-order valence-corrected chi connectivity index (χ1v) is 6.21. The molecule has 0 radical (unpaired) electrons. The summed E-state index contributed by atoms with van der Waals surface area (Å²) in [6.45, 7) is 6.83. The van der Waals surface area contributed by atoms with Crippen LogP contribution in [0, 0.1) is 5.41 Å². The molecule has 0 aliphatic heterocycles. The van der Waals surface area contributed by atoms with E-state index in [1.165, 1.54) is 16.1 Å². The Morgan fingerprint density at radius 3 is 2.60 bits per heavy atom. The van der Waals surface area contributed by atoms with Crippen LogP contribution in [0.15, 0.2) is 24.3 Å². The molecule has 0 bridgehead atoms. The Balaban J connectivity index is 2.16. The standard InChI is InChI=1S/C13H17NS/c1-13(2,3)9-8-12-14-10-6-4-5-7-11(10)15-12/h4-7H,8-9H2,1-3H3. The molecule has 0 saturated heterocycles. The molecular weight excluding hydrogens is 202 g/mol. The second kappa shape index (κ2) is 3.93. The third kappa shape index (κ3) is 2.78. The Kier molecular flexibility index (Phi) is 2.79. The minimum Gasteiger partial charge on any atom is -0.241 e. The summed E-state index contributed by atoms with van der Waals surface area (Å²) < 4.78 is 1.31. The van der Waals surface area contributed by atoms with Crippen molar-refractivity contribution in [3.63, 3.8) is 0 Å². The summed E-state index contributed by atoms with van der Waals surface area (Å²) in [7, 11) is 0. The molecule has 0 N–H and O–H groups in total. The van der Waals surface area contributed by atoms with Crippen LogP contribution < -0.4 is 0 Å². The average Bonchev–Trinajstić information content (AvgIpc) is 2.56. The van der Waals surface area contributed by atoms with E-state index in [4.69, 9.17) is 0 Å². The third-order valence-corrected chi connectivity index (χ3v) is 3.52. The van der Waals surface area contributed by atoms with Crippen LogP contribution in [0.2, 0.25) is 0 Å². The molecule has 0 spiro atoms. The number of thiazole rings is 1. The Morgan fingerprint density at radius 1 is 1.20 bits per heavy atom. The van der Waals surface area contributed by atoms with Crippen LogP contribution in [0.1, 0.15) is 32.2 Å². The molecule has 1 aromatic heterocycles. The van der Waals surface area contributed by atoms with Crippen LogP contribution in [0.3, 0.4) is 0 Å². The number of hydrogen-bond acceptors (Lipinski definition) is 2. The highest BCUT2D eigenvalue weighted by Gasteiger charge is 2.11. The van der Waals surface area contributed by atoms with E-state index in [-0.39, 0.29) is 0 Å². The number of nitrogens with zero attached hydrogens (tertiary/aromatic N) is 1. The first-order chi connectivity index (χ1) is 7.04. The number of aromatic nitrogens is 1. The maximum absolute atomic E-state index is 4.63. The van der Waals surface area contributed by atoms with Crippen molar-refractivity contribution in [3.8, 4) is 0 Å². The van der Waals surface area contributed by atoms with E-state index < -0.39 is 0 Å². The number of rotatable bonds is 2. The summed E-state index contributed by atoms with van der Waals surface area (Å²) in [5, 5.41) is 1.27. The predicted octanol–water partition coefficient (Wildman–Crippen LogP) is 4.28. The van der Waals surface area contributed by atoms with Gasteiger partial charge in [-0.05, 0) is 30.4 Å². The highest BCUT2D eigenvalue weighted by atomic mass is 32.1. The van der Waals surface area contributed by atoms with Crippen LogP contribution in [0.25, 0.3) is 10.2 Å². The number of benzene rings is 1. The van der Waals surface area contributed by atoms with Crippen molar-refractivity contribution in [1.29, 1.82) is 0 Å². The Bertz CT molecular complexity index is 418. The van der Waals surface area contributed by atoms with Gasteiger partial charge >= 0.3 is 0 Å². The highest BCUT2D eigenvalue weighted by Crippen LogP contribution is 2.26. The molecule has 0 unspecified atom stereocenters. The van der Waals surface area contributed by atoms with Crippen LogP contribution in [-0.4, -0.2) is 4.98 Å². The van der Waals surface area contributed by atoms with Gasteiger partial charge in [0.2, 0.25) is 0 Å². The van der Waals surface area contributed by atoms with E-state index in [9.17, 15) is 0 Å². The maximum Gasteiger partial charge on any atom is 0.0938 e. The lowest BCUT2D eigenvalue weighted by atomic mass is 9.91. The number of hydrogen-bond donors (Lipinski definition) is 0. The van der Waals surface area contributed by atoms with Crippen molar-refractivity contribution in [1.82, 2.24) is 4.98 Å². The normalized spacial score (nSPS) is 12.2. The fraction of sp³-hybridized carbons (Fsp3) is 0.462. The zero-order valence-electron chi connectivity index (χ0n) is 9.58. The van der Waals surface area contributed by atoms with E-state index in [0.29, 0.717) is 5.41 Å². The number of para-hydroxylation sites is 1. The van der Waals surface area contributed by atoms with Gasteiger partial charge in [0.05, 0.1) is 15.2 Å². The molecule has 2 aromatic rings. The Hall–Kier alpha value is -0.890. The molecule has 0 aliphatic carbocycles. The fourth-order valence-corrected chi connectivity index (χ4v) is 2.48. The molecule has 0 fully saturated rings. The molecular formula is C13H17NS. The zero-order chi connectivity index (χ0) is 10.9. The molecule has 0 atom stereocenters. The van der Waals surface area contributed by atoms with Gasteiger partial charge in [-0.3, -0.25) is 0 Å². The molecule has 80 valence electrons. The van der Waals surface area contributed by atoms with Gasteiger partial charge in [-0.25, -0.2) is 4.98 Å². The molecule has 2 heteroatoms. The van der Waals surface area contributed by atoms with Crippen LogP contribution in [0.5, 0.6) is 0 Å². The molecule has 1 aromatic carbocycles. The second-order valence-electron chi connectivity index (χ2n) is 5.14. The van der Waals surface area contributed by atoms with Crippen LogP contribution >= 0.6 is 11.3 Å². The molecule has 1 heterocycles. The van der Waals surface area contributed by atoms with Gasteiger partial charge in [0, 0.05) is 0 Å². The van der Waals surface area contributed by atoms with Crippen LogP contribution in [0.4, 0.5) is 0 Å². The largest absolute Gasteiger partial charge is 0.241 e. The first-order valence-electron chi connectivity index (χ1n) is 5.39. The quantitative estimate of drug-likeness (QED) is 0.735. The lowest BCUT2D eigenvalue weighted by Crippen LogP contribution is -2.05. The number of fused-ring (bicyclic) bond motifs is 1. The summed E-state index contributed by atoms with van der Waals surface area (Å²) in [6.07, 6.45) is 2.30. The van der Waals surface area contributed by atoms with E-state index in [1.54, 1.807) is 0 Å². The van der Waals surface area contributed by atoms with E-state index in [0.717, 1.165) is 11.9 Å². The Morgan fingerprint density at radius 2 is 1.93 bits per heavy atom. The van der Waals surface area contributed by atoms with E-state index in [1.807, 2.05) is 11.3 Å². The SMILES string of the molecule is CC(C)(C)CCc1nc2ccccc2s1. The molecule has 1 nitrogen and oxygen atoms in total. The molecule has 15 heavy (non-hydrogen) atoms. The molecule has 0 amide bonds. The number of aryl methyl sites for hydroxylation is 1. The van der Waals surface area contributed by atoms with E-state index >= 15 is 0 Å². The predicted molar refractivity (Wildman–Crippen MR) is 67.4 cm³/mol. The molecule has 2 rings (SSSR count). The van der Waals surface area contributed by atoms with Crippen molar-refractivity contribution >= 4 is 21.6 Å². The fourth-order valence-electron chi connectivity index (χ4n) is 1.51.